The van der Waals surface area contributed by atoms with Crippen molar-refractivity contribution < 1.29 is 31.4 Å². The van der Waals surface area contributed by atoms with Crippen molar-refractivity contribution >= 4 is 10.9 Å². The Morgan fingerprint density at radius 1 is 1.04 bits per heavy atom. The minimum absolute atomic E-state index is 0.0317. The number of aliphatic hydroxyl groups excluding tert-OH is 1. The molecule has 2 N–H and O–H groups in total. The summed E-state index contributed by atoms with van der Waals surface area (Å²) >= 11 is 0. The third-order valence-corrected chi connectivity index (χ3v) is 3.90. The molecule has 0 unspecified atom stereocenters. The van der Waals surface area contributed by atoms with Gasteiger partial charge in [-0.25, -0.2) is 4.98 Å². The zero-order valence-electron chi connectivity index (χ0n) is 15.0. The first-order valence-electron chi connectivity index (χ1n) is 8.21. The van der Waals surface area contributed by atoms with Crippen molar-refractivity contribution in [2.75, 3.05) is 6.54 Å². The van der Waals surface area contributed by atoms with E-state index in [0.29, 0.717) is 12.1 Å². The Morgan fingerprint density at radius 2 is 1.67 bits per heavy atom. The van der Waals surface area contributed by atoms with Crippen LogP contribution in [0.3, 0.4) is 0 Å². The van der Waals surface area contributed by atoms with Crippen LogP contribution in [0.25, 0.3) is 10.9 Å². The van der Waals surface area contributed by atoms with Crippen LogP contribution in [0, 0.1) is 0 Å². The summed E-state index contributed by atoms with van der Waals surface area (Å²) in [5.74, 6) is 0. The van der Waals surface area contributed by atoms with Gasteiger partial charge in [0.15, 0.2) is 0 Å². The number of rotatable bonds is 4. The molecule has 9 heteroatoms. The first kappa shape index (κ1) is 21.4. The fraction of sp³-hybridized carbons (Fsp3) is 0.500. The van der Waals surface area contributed by atoms with Gasteiger partial charge in [-0.3, -0.25) is 0 Å². The molecule has 0 fully saturated rings. The maximum absolute atomic E-state index is 13.2. The third kappa shape index (κ3) is 5.32. The maximum atomic E-state index is 13.2. The molecule has 0 spiro atoms. The number of halogens is 6. The Balaban J connectivity index is 2.57. The van der Waals surface area contributed by atoms with Gasteiger partial charge in [-0.2, -0.15) is 26.3 Å². The number of pyridine rings is 1. The molecule has 0 radical (unpaired) electrons. The second-order valence-corrected chi connectivity index (χ2v) is 7.28. The van der Waals surface area contributed by atoms with Crippen LogP contribution in [0.15, 0.2) is 24.3 Å². The lowest BCUT2D eigenvalue weighted by molar-refractivity contribution is -0.142. The van der Waals surface area contributed by atoms with Gasteiger partial charge in [0.25, 0.3) is 0 Å². The molecule has 0 saturated carbocycles. The van der Waals surface area contributed by atoms with Crippen LogP contribution in [0.1, 0.15) is 50.1 Å². The largest absolute Gasteiger partial charge is 0.433 e. The molecule has 0 amide bonds. The van der Waals surface area contributed by atoms with Crippen LogP contribution in [-0.2, 0) is 12.4 Å². The Hall–Kier alpha value is -1.87. The molecule has 1 heterocycles. The van der Waals surface area contributed by atoms with Gasteiger partial charge in [0, 0.05) is 10.9 Å². The molecule has 0 bridgehead atoms. The third-order valence-electron chi connectivity index (χ3n) is 3.90. The summed E-state index contributed by atoms with van der Waals surface area (Å²) in [6, 6.07) is 3.61. The van der Waals surface area contributed by atoms with E-state index >= 15 is 0 Å². The van der Waals surface area contributed by atoms with E-state index < -0.39 is 35.2 Å². The molecule has 2 rings (SSSR count). The highest BCUT2D eigenvalue weighted by Crippen LogP contribution is 2.39. The topological polar surface area (TPSA) is 45.1 Å². The highest BCUT2D eigenvalue weighted by Gasteiger charge is 2.37. The second kappa shape index (κ2) is 7.27. The fourth-order valence-electron chi connectivity index (χ4n) is 2.66. The number of alkyl halides is 6. The van der Waals surface area contributed by atoms with Gasteiger partial charge in [0.05, 0.1) is 17.2 Å². The summed E-state index contributed by atoms with van der Waals surface area (Å²) in [6.07, 6.45) is -11.2. The van der Waals surface area contributed by atoms with Gasteiger partial charge in [-0.05, 0) is 51.4 Å². The van der Waals surface area contributed by atoms with E-state index in [9.17, 15) is 31.4 Å². The van der Waals surface area contributed by atoms with Crippen molar-refractivity contribution in [2.24, 2.45) is 0 Å². The lowest BCUT2D eigenvalue weighted by atomic mass is 9.97. The molecular weight excluding hydrogens is 374 g/mol. The minimum atomic E-state index is -4.94. The predicted octanol–water partition coefficient (Wildman–Crippen LogP) is 5.08. The second-order valence-electron chi connectivity index (χ2n) is 7.28. The number of para-hydroxylation sites is 1. The van der Waals surface area contributed by atoms with Crippen LogP contribution in [0.4, 0.5) is 26.3 Å². The van der Waals surface area contributed by atoms with Crippen LogP contribution >= 0.6 is 0 Å². The van der Waals surface area contributed by atoms with E-state index in [1.807, 2.05) is 20.8 Å². The molecule has 3 nitrogen and oxygen atoms in total. The molecule has 1 aromatic heterocycles. The molecule has 27 heavy (non-hydrogen) atoms. The summed E-state index contributed by atoms with van der Waals surface area (Å²) in [6.45, 7) is 5.89. The zero-order valence-corrected chi connectivity index (χ0v) is 15.0. The van der Waals surface area contributed by atoms with Crippen molar-refractivity contribution in [1.29, 1.82) is 0 Å². The van der Waals surface area contributed by atoms with Crippen molar-refractivity contribution in [3.8, 4) is 0 Å². The van der Waals surface area contributed by atoms with Gasteiger partial charge in [0.1, 0.15) is 5.69 Å². The van der Waals surface area contributed by atoms with E-state index in [-0.39, 0.29) is 29.5 Å². The number of benzene rings is 1. The van der Waals surface area contributed by atoms with Crippen molar-refractivity contribution in [3.63, 3.8) is 0 Å². The first-order chi connectivity index (χ1) is 12.2. The number of aromatic nitrogens is 1. The van der Waals surface area contributed by atoms with Crippen LogP contribution in [0.5, 0.6) is 0 Å². The molecule has 2 aromatic rings. The zero-order chi connectivity index (χ0) is 20.6. The Kier molecular flexibility index (Phi) is 5.77. The fourth-order valence-corrected chi connectivity index (χ4v) is 2.66. The maximum Gasteiger partial charge on any atom is 0.433 e. The molecule has 0 saturated heterocycles. The number of aliphatic hydroxyl groups is 1. The average Bonchev–Trinajstić information content (AvgIpc) is 2.50. The normalized spacial score (nSPS) is 14.6. The lowest BCUT2D eigenvalue weighted by Gasteiger charge is -2.23. The summed E-state index contributed by atoms with van der Waals surface area (Å²) in [5.41, 5.74) is -4.07. The van der Waals surface area contributed by atoms with Gasteiger partial charge in [0.2, 0.25) is 0 Å². The molecule has 0 aliphatic heterocycles. The van der Waals surface area contributed by atoms with Crippen LogP contribution < -0.4 is 5.32 Å². The standard InChI is InChI=1S/C18H20F6N2O/c1-16(2,3)25-8-7-13(27)11-9-14(18(22,23)24)26-15-10(11)5-4-6-12(15)17(19,20)21/h4-6,9,13,25,27H,7-8H2,1-3H3/t13-/m1/s1. The lowest BCUT2D eigenvalue weighted by Crippen LogP contribution is -2.36. The Bertz CT molecular complexity index is 808. The highest BCUT2D eigenvalue weighted by atomic mass is 19.4. The van der Waals surface area contributed by atoms with Gasteiger partial charge < -0.3 is 10.4 Å². The Morgan fingerprint density at radius 3 is 2.19 bits per heavy atom. The van der Waals surface area contributed by atoms with E-state index in [1.54, 1.807) is 0 Å². The summed E-state index contributed by atoms with van der Waals surface area (Å²) in [5, 5.41) is 13.3. The van der Waals surface area contributed by atoms with E-state index in [2.05, 4.69) is 10.3 Å². The summed E-state index contributed by atoms with van der Waals surface area (Å²) in [7, 11) is 0. The van der Waals surface area contributed by atoms with Gasteiger partial charge >= 0.3 is 12.4 Å². The average molecular weight is 394 g/mol. The number of nitrogens with one attached hydrogen (secondary N) is 1. The van der Waals surface area contributed by atoms with E-state index in [0.717, 1.165) is 6.07 Å². The minimum Gasteiger partial charge on any atom is -0.388 e. The van der Waals surface area contributed by atoms with Gasteiger partial charge in [-0.15, -0.1) is 0 Å². The van der Waals surface area contributed by atoms with E-state index in [4.69, 9.17) is 0 Å². The number of hydrogen-bond acceptors (Lipinski definition) is 3. The monoisotopic (exact) mass is 394 g/mol. The molecule has 0 aliphatic rings. The summed E-state index contributed by atoms with van der Waals surface area (Å²) in [4.78, 5) is 3.20. The SMILES string of the molecule is CC(C)(C)NCC[C@@H](O)c1cc(C(F)(F)F)nc2c(C(F)(F)F)cccc12. The number of fused-ring (bicyclic) bond motifs is 1. The number of nitrogens with zero attached hydrogens (tertiary/aromatic N) is 1. The van der Waals surface area contributed by atoms with Crippen molar-refractivity contribution in [1.82, 2.24) is 10.3 Å². The Labute approximate surface area is 152 Å². The molecule has 1 aromatic carbocycles. The van der Waals surface area contributed by atoms with Gasteiger partial charge in [-0.1, -0.05) is 12.1 Å². The molecule has 1 atom stereocenters. The molecular formula is C18H20F6N2O. The highest BCUT2D eigenvalue weighted by molar-refractivity contribution is 5.86. The molecule has 150 valence electrons. The van der Waals surface area contributed by atoms with E-state index in [1.165, 1.54) is 6.07 Å². The first-order valence-corrected chi connectivity index (χ1v) is 8.21. The van der Waals surface area contributed by atoms with Crippen molar-refractivity contribution in [3.05, 3.63) is 41.1 Å². The quantitative estimate of drug-likeness (QED) is 0.711. The van der Waals surface area contributed by atoms with Crippen LogP contribution in [-0.4, -0.2) is 22.2 Å². The molecule has 0 aliphatic carbocycles. The number of hydrogen-bond donors (Lipinski definition) is 2. The smallest absolute Gasteiger partial charge is 0.388 e. The van der Waals surface area contributed by atoms with Crippen LogP contribution in [0.2, 0.25) is 0 Å². The van der Waals surface area contributed by atoms with Crippen molar-refractivity contribution in [2.45, 2.75) is 51.2 Å². The predicted molar refractivity (Wildman–Crippen MR) is 89.1 cm³/mol. The summed E-state index contributed by atoms with van der Waals surface area (Å²) < 4.78 is 79.1.